The maximum Gasteiger partial charge on any atom is 0.338 e. The van der Waals surface area contributed by atoms with Gasteiger partial charge in [0.2, 0.25) is 0 Å². The van der Waals surface area contributed by atoms with Crippen molar-refractivity contribution in [2.75, 3.05) is 6.61 Å². The van der Waals surface area contributed by atoms with Gasteiger partial charge in [0.15, 0.2) is 5.78 Å². The summed E-state index contributed by atoms with van der Waals surface area (Å²) < 4.78 is 4.93. The molecule has 0 saturated heterocycles. The fourth-order valence-electron chi connectivity index (χ4n) is 2.50. The highest BCUT2D eigenvalue weighted by atomic mass is 16.5. The maximum absolute atomic E-state index is 12.2. The second-order valence-corrected chi connectivity index (χ2v) is 5.78. The van der Waals surface area contributed by atoms with Crippen molar-refractivity contribution in [1.29, 1.82) is 0 Å². The Morgan fingerprint density at radius 1 is 0.760 bits per heavy atom. The van der Waals surface area contributed by atoms with E-state index in [1.165, 1.54) is 0 Å². The Morgan fingerprint density at radius 3 is 1.68 bits per heavy atom. The highest BCUT2D eigenvalue weighted by Crippen LogP contribution is 2.11. The van der Waals surface area contributed by atoms with Gasteiger partial charge < -0.3 is 4.74 Å². The van der Waals surface area contributed by atoms with Gasteiger partial charge in [0.1, 0.15) is 5.78 Å². The summed E-state index contributed by atoms with van der Waals surface area (Å²) in [5, 5.41) is 0. The minimum atomic E-state index is -0.359. The number of hydrogen-bond acceptors (Lipinski definition) is 4. The summed E-state index contributed by atoms with van der Waals surface area (Å²) >= 11 is 0. The molecule has 2 rings (SSSR count). The van der Waals surface area contributed by atoms with Crippen LogP contribution < -0.4 is 0 Å². The first-order valence-corrected chi connectivity index (χ1v) is 8.43. The zero-order valence-electron chi connectivity index (χ0n) is 14.6. The number of carbonyl (C=O) groups is 3. The van der Waals surface area contributed by atoms with E-state index in [1.54, 1.807) is 43.3 Å². The third-order valence-electron chi connectivity index (χ3n) is 3.86. The molecule has 0 bridgehead atoms. The van der Waals surface area contributed by atoms with Crippen LogP contribution in [0.15, 0.2) is 48.5 Å². The summed E-state index contributed by atoms with van der Waals surface area (Å²) in [6.45, 7) is 3.92. The van der Waals surface area contributed by atoms with Crippen LogP contribution >= 0.6 is 0 Å². The minimum absolute atomic E-state index is 0.0819. The van der Waals surface area contributed by atoms with Crippen LogP contribution in [-0.4, -0.2) is 24.1 Å². The number of esters is 1. The molecule has 0 radical (unpaired) electrons. The molecule has 0 spiro atoms. The predicted molar refractivity (Wildman–Crippen MR) is 95.9 cm³/mol. The van der Waals surface area contributed by atoms with E-state index in [0.717, 1.165) is 11.1 Å². The molecule has 0 aliphatic carbocycles. The first-order chi connectivity index (χ1) is 12.0. The van der Waals surface area contributed by atoms with Crippen LogP contribution in [-0.2, 0) is 22.4 Å². The molecule has 0 atom stereocenters. The average molecular weight is 338 g/mol. The average Bonchev–Trinajstić information content (AvgIpc) is 2.62. The first kappa shape index (κ1) is 18.6. The van der Waals surface area contributed by atoms with Crippen LogP contribution in [0.3, 0.4) is 0 Å². The zero-order chi connectivity index (χ0) is 18.2. The lowest BCUT2D eigenvalue weighted by molar-refractivity contribution is -0.117. The number of Topliss-reactive ketones (excluding diaryl/α,β-unsaturated/α-hetero) is 2. The van der Waals surface area contributed by atoms with Crippen molar-refractivity contribution in [1.82, 2.24) is 0 Å². The van der Waals surface area contributed by atoms with E-state index < -0.39 is 0 Å². The Kier molecular flexibility index (Phi) is 6.63. The molecule has 0 saturated carbocycles. The van der Waals surface area contributed by atoms with Gasteiger partial charge in [-0.2, -0.15) is 0 Å². The summed E-state index contributed by atoms with van der Waals surface area (Å²) in [6.07, 6.45) is 1.10. The summed E-state index contributed by atoms with van der Waals surface area (Å²) in [7, 11) is 0. The van der Waals surface area contributed by atoms with E-state index in [1.807, 2.05) is 19.1 Å². The lowest BCUT2D eigenvalue weighted by Crippen LogP contribution is -2.08. The fourth-order valence-corrected chi connectivity index (χ4v) is 2.50. The van der Waals surface area contributed by atoms with Crippen LogP contribution in [0, 0.1) is 0 Å². The van der Waals surface area contributed by atoms with Crippen LogP contribution in [0.25, 0.3) is 0 Å². The zero-order valence-corrected chi connectivity index (χ0v) is 14.6. The van der Waals surface area contributed by atoms with E-state index >= 15 is 0 Å². The fraction of sp³-hybridized carbons (Fsp3) is 0.286. The lowest BCUT2D eigenvalue weighted by atomic mass is 10.00. The molecule has 0 aliphatic heterocycles. The number of ketones is 2. The third-order valence-corrected chi connectivity index (χ3v) is 3.86. The standard InChI is InChI=1S/C21H22O4/c1-3-20(23)17-9-5-15(6-10-17)13-19(22)14-16-7-11-18(12-8-16)21(24)25-4-2/h5-12H,3-4,13-14H2,1-2H3. The molecule has 0 N–H and O–H groups in total. The number of rotatable bonds is 8. The van der Waals surface area contributed by atoms with Crippen molar-refractivity contribution in [2.24, 2.45) is 0 Å². The van der Waals surface area contributed by atoms with Crippen LogP contribution in [0.2, 0.25) is 0 Å². The van der Waals surface area contributed by atoms with E-state index in [9.17, 15) is 14.4 Å². The molecule has 0 amide bonds. The normalized spacial score (nSPS) is 10.3. The summed E-state index contributed by atoms with van der Waals surface area (Å²) in [5.41, 5.74) is 2.90. The molecule has 0 aliphatic rings. The second-order valence-electron chi connectivity index (χ2n) is 5.78. The highest BCUT2D eigenvalue weighted by Gasteiger charge is 2.09. The number of carbonyl (C=O) groups excluding carboxylic acids is 3. The van der Waals surface area contributed by atoms with Gasteiger partial charge >= 0.3 is 5.97 Å². The topological polar surface area (TPSA) is 60.4 Å². The van der Waals surface area contributed by atoms with Gasteiger partial charge in [-0.15, -0.1) is 0 Å². The minimum Gasteiger partial charge on any atom is -0.462 e. The Hall–Kier alpha value is -2.75. The molecule has 0 unspecified atom stereocenters. The van der Waals surface area contributed by atoms with Crippen molar-refractivity contribution in [3.05, 3.63) is 70.8 Å². The molecule has 25 heavy (non-hydrogen) atoms. The molecule has 4 heteroatoms. The Bertz CT molecular complexity index is 742. The SMILES string of the molecule is CCOC(=O)c1ccc(CC(=O)Cc2ccc(C(=O)CC)cc2)cc1. The second kappa shape index (κ2) is 8.92. The Morgan fingerprint density at radius 2 is 1.24 bits per heavy atom. The summed E-state index contributed by atoms with van der Waals surface area (Å²) in [5.74, 6) is -0.180. The summed E-state index contributed by atoms with van der Waals surface area (Å²) in [6, 6.07) is 14.1. The molecule has 130 valence electrons. The molecule has 2 aromatic rings. The molecule has 0 heterocycles. The van der Waals surface area contributed by atoms with E-state index in [4.69, 9.17) is 4.74 Å². The van der Waals surface area contributed by atoms with Crippen LogP contribution in [0.4, 0.5) is 0 Å². The molecule has 4 nitrogen and oxygen atoms in total. The van der Waals surface area contributed by atoms with Gasteiger partial charge in [0, 0.05) is 24.8 Å². The molecular formula is C21H22O4. The van der Waals surface area contributed by atoms with Crippen molar-refractivity contribution in [2.45, 2.75) is 33.1 Å². The Balaban J connectivity index is 1.93. The molecule has 0 aromatic heterocycles. The smallest absolute Gasteiger partial charge is 0.338 e. The third kappa shape index (κ3) is 5.38. The maximum atomic E-state index is 12.2. The van der Waals surface area contributed by atoms with Crippen LogP contribution in [0.1, 0.15) is 52.1 Å². The van der Waals surface area contributed by atoms with Gasteiger partial charge in [-0.25, -0.2) is 4.79 Å². The van der Waals surface area contributed by atoms with Gasteiger partial charge in [0.25, 0.3) is 0 Å². The molecule has 2 aromatic carbocycles. The number of benzene rings is 2. The van der Waals surface area contributed by atoms with Crippen molar-refractivity contribution in [3.63, 3.8) is 0 Å². The van der Waals surface area contributed by atoms with E-state index in [2.05, 4.69) is 0 Å². The van der Waals surface area contributed by atoms with Crippen molar-refractivity contribution < 1.29 is 19.1 Å². The monoisotopic (exact) mass is 338 g/mol. The van der Waals surface area contributed by atoms with Gasteiger partial charge in [0.05, 0.1) is 12.2 Å². The highest BCUT2D eigenvalue weighted by molar-refractivity contribution is 5.96. The van der Waals surface area contributed by atoms with Crippen LogP contribution in [0.5, 0.6) is 0 Å². The van der Waals surface area contributed by atoms with Gasteiger partial charge in [-0.3, -0.25) is 9.59 Å². The predicted octanol–water partition coefficient (Wildman–Crippen LogP) is 3.81. The van der Waals surface area contributed by atoms with Gasteiger partial charge in [-0.1, -0.05) is 43.3 Å². The van der Waals surface area contributed by atoms with Crippen molar-refractivity contribution in [3.8, 4) is 0 Å². The largest absolute Gasteiger partial charge is 0.462 e. The lowest BCUT2D eigenvalue weighted by Gasteiger charge is -2.05. The molecule has 0 fully saturated rings. The summed E-state index contributed by atoms with van der Waals surface area (Å²) in [4.78, 5) is 35.4. The van der Waals surface area contributed by atoms with E-state index in [-0.39, 0.29) is 17.5 Å². The van der Waals surface area contributed by atoms with Crippen molar-refractivity contribution >= 4 is 17.5 Å². The van der Waals surface area contributed by atoms with E-state index in [0.29, 0.717) is 37.0 Å². The van der Waals surface area contributed by atoms with Gasteiger partial charge in [-0.05, 0) is 30.2 Å². The Labute approximate surface area is 147 Å². The molecular weight excluding hydrogens is 316 g/mol. The first-order valence-electron chi connectivity index (χ1n) is 8.43. The number of hydrogen-bond donors (Lipinski definition) is 0. The quantitative estimate of drug-likeness (QED) is 0.542. The number of ether oxygens (including phenoxy) is 1.